The van der Waals surface area contributed by atoms with Gasteiger partial charge in [0.05, 0.1) is 4.47 Å². The maximum atomic E-state index is 13.0. The Labute approximate surface area is 112 Å². The van der Waals surface area contributed by atoms with Crippen LogP contribution in [0.1, 0.15) is 10.4 Å². The van der Waals surface area contributed by atoms with Crippen molar-refractivity contribution in [2.45, 2.75) is 0 Å². The number of hydrogen-bond donors (Lipinski definition) is 2. The molecule has 2 rings (SSSR count). The third kappa shape index (κ3) is 2.87. The third-order valence-electron chi connectivity index (χ3n) is 2.33. The fraction of sp³-hybridized carbons (Fsp3) is 0. The lowest BCUT2D eigenvalue weighted by atomic mass is 10.2. The first kappa shape index (κ1) is 12.6. The molecule has 0 bridgehead atoms. The summed E-state index contributed by atoms with van der Waals surface area (Å²) in [6, 6.07) is 10.9. The molecule has 0 aromatic heterocycles. The minimum Gasteiger partial charge on any atom is -0.399 e. The molecule has 0 saturated heterocycles. The van der Waals surface area contributed by atoms with Gasteiger partial charge in [0.2, 0.25) is 0 Å². The Morgan fingerprint density at radius 1 is 1.22 bits per heavy atom. The van der Waals surface area contributed by atoms with Gasteiger partial charge in [-0.1, -0.05) is 6.07 Å². The van der Waals surface area contributed by atoms with E-state index >= 15 is 0 Å². The van der Waals surface area contributed by atoms with Crippen molar-refractivity contribution in [2.75, 3.05) is 11.1 Å². The van der Waals surface area contributed by atoms with E-state index in [1.165, 1.54) is 18.2 Å². The van der Waals surface area contributed by atoms with E-state index in [2.05, 4.69) is 21.2 Å². The highest BCUT2D eigenvalue weighted by molar-refractivity contribution is 9.10. The minimum absolute atomic E-state index is 0.291. The number of carbonyl (C=O) groups is 1. The molecule has 5 heteroatoms. The van der Waals surface area contributed by atoms with Gasteiger partial charge >= 0.3 is 0 Å². The molecule has 2 aromatic carbocycles. The second kappa shape index (κ2) is 5.18. The normalized spacial score (nSPS) is 10.1. The van der Waals surface area contributed by atoms with Crippen molar-refractivity contribution in [2.24, 2.45) is 0 Å². The topological polar surface area (TPSA) is 55.1 Å². The van der Waals surface area contributed by atoms with Gasteiger partial charge in [-0.05, 0) is 52.3 Å². The molecule has 0 heterocycles. The van der Waals surface area contributed by atoms with Gasteiger partial charge in [0.25, 0.3) is 5.91 Å². The predicted molar refractivity (Wildman–Crippen MR) is 72.9 cm³/mol. The molecule has 92 valence electrons. The number of nitrogens with two attached hydrogens (primary N) is 1. The molecule has 18 heavy (non-hydrogen) atoms. The van der Waals surface area contributed by atoms with Crippen LogP contribution in [0.4, 0.5) is 15.8 Å². The van der Waals surface area contributed by atoms with Crippen molar-refractivity contribution in [3.8, 4) is 0 Å². The zero-order valence-electron chi connectivity index (χ0n) is 9.28. The highest BCUT2D eigenvalue weighted by Crippen LogP contribution is 2.20. The molecule has 3 nitrogen and oxygen atoms in total. The summed E-state index contributed by atoms with van der Waals surface area (Å²) in [5.41, 5.74) is 7.08. The lowest BCUT2D eigenvalue weighted by Gasteiger charge is -2.06. The monoisotopic (exact) mass is 308 g/mol. The number of rotatable bonds is 2. The summed E-state index contributed by atoms with van der Waals surface area (Å²) in [7, 11) is 0. The summed E-state index contributed by atoms with van der Waals surface area (Å²) in [4.78, 5) is 11.9. The standard InChI is InChI=1S/C13H10BrFN2O/c14-11-7-10(4-5-12(11)15)17-13(18)8-2-1-3-9(16)6-8/h1-7H,16H2,(H,17,18). The summed E-state index contributed by atoms with van der Waals surface area (Å²) < 4.78 is 13.3. The molecule has 0 fully saturated rings. The van der Waals surface area contributed by atoms with Crippen LogP contribution in [0, 0.1) is 5.82 Å². The van der Waals surface area contributed by atoms with E-state index in [0.717, 1.165) is 0 Å². The summed E-state index contributed by atoms with van der Waals surface area (Å²) in [5, 5.41) is 2.66. The molecule has 0 saturated carbocycles. The Hall–Kier alpha value is -1.88. The first-order valence-electron chi connectivity index (χ1n) is 5.18. The molecular formula is C13H10BrFN2O. The second-order valence-corrected chi connectivity index (χ2v) is 4.56. The molecule has 1 amide bonds. The molecule has 3 N–H and O–H groups in total. The van der Waals surface area contributed by atoms with E-state index in [-0.39, 0.29) is 11.7 Å². The van der Waals surface area contributed by atoms with Crippen LogP contribution in [0.3, 0.4) is 0 Å². The number of anilines is 2. The van der Waals surface area contributed by atoms with Gasteiger partial charge in [-0.15, -0.1) is 0 Å². The number of carbonyl (C=O) groups excluding carboxylic acids is 1. The van der Waals surface area contributed by atoms with Crippen LogP contribution in [0.25, 0.3) is 0 Å². The zero-order valence-corrected chi connectivity index (χ0v) is 10.9. The minimum atomic E-state index is -0.378. The van der Waals surface area contributed by atoms with E-state index in [0.29, 0.717) is 21.4 Å². The smallest absolute Gasteiger partial charge is 0.255 e. The van der Waals surface area contributed by atoms with Crippen LogP contribution in [0.2, 0.25) is 0 Å². The third-order valence-corrected chi connectivity index (χ3v) is 2.93. The maximum Gasteiger partial charge on any atom is 0.255 e. The first-order valence-corrected chi connectivity index (χ1v) is 5.97. The van der Waals surface area contributed by atoms with Crippen molar-refractivity contribution in [1.29, 1.82) is 0 Å². The van der Waals surface area contributed by atoms with E-state index in [9.17, 15) is 9.18 Å². The maximum absolute atomic E-state index is 13.0. The molecule has 0 aliphatic carbocycles. The fourth-order valence-corrected chi connectivity index (χ4v) is 1.84. The van der Waals surface area contributed by atoms with E-state index < -0.39 is 0 Å². The van der Waals surface area contributed by atoms with E-state index in [1.54, 1.807) is 24.3 Å². The quantitative estimate of drug-likeness (QED) is 0.835. The molecule has 0 atom stereocenters. The van der Waals surface area contributed by atoms with Gasteiger partial charge in [0, 0.05) is 16.9 Å². The Bertz CT molecular complexity index is 601. The van der Waals surface area contributed by atoms with Gasteiger partial charge in [-0.3, -0.25) is 4.79 Å². The van der Waals surface area contributed by atoms with Crippen LogP contribution in [0.15, 0.2) is 46.9 Å². The van der Waals surface area contributed by atoms with Crippen LogP contribution in [0.5, 0.6) is 0 Å². The lowest BCUT2D eigenvalue weighted by molar-refractivity contribution is 0.102. The molecule has 2 aromatic rings. The van der Waals surface area contributed by atoms with Crippen molar-refractivity contribution in [3.63, 3.8) is 0 Å². The van der Waals surface area contributed by atoms with Crippen LogP contribution in [-0.4, -0.2) is 5.91 Å². The highest BCUT2D eigenvalue weighted by Gasteiger charge is 2.07. The number of benzene rings is 2. The van der Waals surface area contributed by atoms with Crippen LogP contribution in [-0.2, 0) is 0 Å². The molecule has 0 unspecified atom stereocenters. The van der Waals surface area contributed by atoms with Gasteiger partial charge < -0.3 is 11.1 Å². The molecule has 0 radical (unpaired) electrons. The number of hydrogen-bond acceptors (Lipinski definition) is 2. The number of halogens is 2. The van der Waals surface area contributed by atoms with Gasteiger partial charge in [-0.25, -0.2) is 4.39 Å². The summed E-state index contributed by atoms with van der Waals surface area (Å²) in [6.07, 6.45) is 0. The van der Waals surface area contributed by atoms with E-state index in [4.69, 9.17) is 5.73 Å². The van der Waals surface area contributed by atoms with Crippen molar-refractivity contribution >= 4 is 33.2 Å². The predicted octanol–water partition coefficient (Wildman–Crippen LogP) is 3.42. The van der Waals surface area contributed by atoms with Gasteiger partial charge in [0.15, 0.2) is 0 Å². The Morgan fingerprint density at radius 3 is 2.67 bits per heavy atom. The zero-order chi connectivity index (χ0) is 13.1. The number of nitrogen functional groups attached to an aromatic ring is 1. The Morgan fingerprint density at radius 2 is 2.00 bits per heavy atom. The first-order chi connectivity index (χ1) is 8.56. The highest BCUT2D eigenvalue weighted by atomic mass is 79.9. The van der Waals surface area contributed by atoms with Crippen molar-refractivity contribution in [3.05, 3.63) is 58.3 Å². The second-order valence-electron chi connectivity index (χ2n) is 3.71. The van der Waals surface area contributed by atoms with Crippen LogP contribution >= 0.6 is 15.9 Å². The Balaban J connectivity index is 2.18. The van der Waals surface area contributed by atoms with E-state index in [1.807, 2.05) is 0 Å². The average molecular weight is 309 g/mol. The molecular weight excluding hydrogens is 299 g/mol. The molecule has 0 aliphatic heterocycles. The van der Waals surface area contributed by atoms with Crippen molar-refractivity contribution < 1.29 is 9.18 Å². The molecule has 0 aliphatic rings. The largest absolute Gasteiger partial charge is 0.399 e. The van der Waals surface area contributed by atoms with Gasteiger partial charge in [-0.2, -0.15) is 0 Å². The summed E-state index contributed by atoms with van der Waals surface area (Å²) in [5.74, 6) is -0.669. The number of amides is 1. The average Bonchev–Trinajstić information content (AvgIpc) is 2.34. The Kier molecular flexibility index (Phi) is 3.62. The van der Waals surface area contributed by atoms with Crippen molar-refractivity contribution in [1.82, 2.24) is 0 Å². The SMILES string of the molecule is Nc1cccc(C(=O)Nc2ccc(F)c(Br)c2)c1. The van der Waals surface area contributed by atoms with Crippen LogP contribution < -0.4 is 11.1 Å². The summed E-state index contributed by atoms with van der Waals surface area (Å²) in [6.45, 7) is 0. The lowest BCUT2D eigenvalue weighted by Crippen LogP contribution is -2.12. The number of nitrogens with one attached hydrogen (secondary N) is 1. The van der Waals surface area contributed by atoms with Gasteiger partial charge in [0.1, 0.15) is 5.82 Å². The summed E-state index contributed by atoms with van der Waals surface area (Å²) >= 11 is 3.06. The fourth-order valence-electron chi connectivity index (χ4n) is 1.46. The molecule has 0 spiro atoms.